The van der Waals surface area contributed by atoms with Crippen LogP contribution in [0.1, 0.15) is 36.2 Å². The van der Waals surface area contributed by atoms with Crippen molar-refractivity contribution < 1.29 is 14.0 Å². The van der Waals surface area contributed by atoms with E-state index in [1.165, 1.54) is 4.90 Å². The van der Waals surface area contributed by atoms with Crippen LogP contribution in [0.2, 0.25) is 0 Å². The number of carbonyl (C=O) groups is 2. The molecule has 1 aliphatic rings. The van der Waals surface area contributed by atoms with Gasteiger partial charge in [-0.1, -0.05) is 0 Å². The molecule has 1 aromatic heterocycles. The Bertz CT molecular complexity index is 515. The first-order chi connectivity index (χ1) is 9.95. The molecule has 2 amide bonds. The molecule has 1 aliphatic carbocycles. The summed E-state index contributed by atoms with van der Waals surface area (Å²) in [5, 5.41) is 2.95. The van der Waals surface area contributed by atoms with Gasteiger partial charge in [0.1, 0.15) is 0 Å². The number of nitrogens with zero attached hydrogens (tertiary/aromatic N) is 1. The van der Waals surface area contributed by atoms with E-state index in [0.717, 1.165) is 25.7 Å². The molecule has 1 fully saturated rings. The maximum absolute atomic E-state index is 12.0. The first-order valence-corrected chi connectivity index (χ1v) is 7.80. The Morgan fingerprint density at radius 3 is 2.55 bits per heavy atom. The molecule has 0 aliphatic heterocycles. The predicted molar refractivity (Wildman–Crippen MR) is 89.0 cm³/mol. The summed E-state index contributed by atoms with van der Waals surface area (Å²) in [6, 6.07) is 3.63. The maximum atomic E-state index is 12.0. The van der Waals surface area contributed by atoms with Gasteiger partial charge in [0, 0.05) is 19.1 Å². The standard InChI is InChI=1S/C14H20BrN3O3.ClH/c1-18(14(20)11-6-7-12(15)21-11)8-13(19)17-10-4-2-9(16)3-5-10;/h6-7,9-10H,2-5,8,16H2,1H3,(H,17,19);1H. The summed E-state index contributed by atoms with van der Waals surface area (Å²) in [6.45, 7) is 0.0136. The van der Waals surface area contributed by atoms with Gasteiger partial charge in [-0.15, -0.1) is 12.4 Å². The lowest BCUT2D eigenvalue weighted by atomic mass is 9.92. The lowest BCUT2D eigenvalue weighted by Gasteiger charge is -2.27. The van der Waals surface area contributed by atoms with Gasteiger partial charge in [-0.2, -0.15) is 0 Å². The Morgan fingerprint density at radius 2 is 2.00 bits per heavy atom. The number of furan rings is 1. The number of amides is 2. The molecule has 0 saturated heterocycles. The van der Waals surface area contributed by atoms with Crippen LogP contribution in [-0.4, -0.2) is 42.4 Å². The van der Waals surface area contributed by atoms with E-state index < -0.39 is 0 Å². The lowest BCUT2D eigenvalue weighted by molar-refractivity contribution is -0.122. The van der Waals surface area contributed by atoms with Crippen LogP contribution in [0.25, 0.3) is 0 Å². The summed E-state index contributed by atoms with van der Waals surface area (Å²) in [5.74, 6) is -0.265. The number of rotatable bonds is 4. The van der Waals surface area contributed by atoms with Crippen molar-refractivity contribution in [1.82, 2.24) is 10.2 Å². The maximum Gasteiger partial charge on any atom is 0.289 e. The normalized spacial score (nSPS) is 20.9. The third kappa shape index (κ3) is 5.30. The Kier molecular flexibility index (Phi) is 7.38. The lowest BCUT2D eigenvalue weighted by Crippen LogP contribution is -2.45. The Labute approximate surface area is 144 Å². The van der Waals surface area contributed by atoms with Crippen molar-refractivity contribution in [3.05, 3.63) is 22.6 Å². The molecule has 2 rings (SSSR count). The Balaban J connectivity index is 0.00000242. The number of carbonyl (C=O) groups excluding carboxylic acids is 2. The smallest absolute Gasteiger partial charge is 0.289 e. The van der Waals surface area contributed by atoms with Crippen molar-refractivity contribution in [2.45, 2.75) is 37.8 Å². The minimum atomic E-state index is -0.318. The average Bonchev–Trinajstić information content (AvgIpc) is 2.87. The first kappa shape index (κ1) is 19.0. The third-order valence-electron chi connectivity index (χ3n) is 3.65. The highest BCUT2D eigenvalue weighted by molar-refractivity contribution is 9.10. The number of nitrogens with one attached hydrogen (secondary N) is 1. The summed E-state index contributed by atoms with van der Waals surface area (Å²) in [7, 11) is 1.58. The number of hydrogen-bond acceptors (Lipinski definition) is 4. The number of hydrogen-bond donors (Lipinski definition) is 2. The van der Waals surface area contributed by atoms with E-state index in [2.05, 4.69) is 21.2 Å². The number of halogens is 2. The fourth-order valence-electron chi connectivity index (χ4n) is 2.44. The SMILES string of the molecule is CN(CC(=O)NC1CCC(N)CC1)C(=O)c1ccc(Br)o1.Cl. The van der Waals surface area contributed by atoms with Gasteiger partial charge in [-0.3, -0.25) is 9.59 Å². The van der Waals surface area contributed by atoms with Gasteiger partial charge in [-0.25, -0.2) is 0 Å². The highest BCUT2D eigenvalue weighted by atomic mass is 79.9. The van der Waals surface area contributed by atoms with E-state index in [4.69, 9.17) is 10.2 Å². The summed E-state index contributed by atoms with van der Waals surface area (Å²) in [4.78, 5) is 25.4. The van der Waals surface area contributed by atoms with Gasteiger partial charge in [-0.05, 0) is 53.7 Å². The molecule has 0 aromatic carbocycles. The summed E-state index contributed by atoms with van der Waals surface area (Å²) < 4.78 is 5.68. The summed E-state index contributed by atoms with van der Waals surface area (Å²) >= 11 is 3.14. The van der Waals surface area contributed by atoms with E-state index >= 15 is 0 Å². The first-order valence-electron chi connectivity index (χ1n) is 7.01. The van der Waals surface area contributed by atoms with Crippen LogP contribution >= 0.6 is 28.3 Å². The molecule has 0 bridgehead atoms. The molecular formula is C14H21BrClN3O3. The highest BCUT2D eigenvalue weighted by Gasteiger charge is 2.22. The fourth-order valence-corrected chi connectivity index (χ4v) is 2.75. The van der Waals surface area contributed by atoms with Crippen LogP contribution in [0, 0.1) is 0 Å². The van der Waals surface area contributed by atoms with Crippen molar-refractivity contribution in [1.29, 1.82) is 0 Å². The zero-order valence-corrected chi connectivity index (χ0v) is 14.8. The van der Waals surface area contributed by atoms with Crippen LogP contribution < -0.4 is 11.1 Å². The molecule has 1 saturated carbocycles. The molecule has 8 heteroatoms. The highest BCUT2D eigenvalue weighted by Crippen LogP contribution is 2.17. The van der Waals surface area contributed by atoms with Crippen molar-refractivity contribution in [2.24, 2.45) is 5.73 Å². The largest absolute Gasteiger partial charge is 0.444 e. The minimum absolute atomic E-state index is 0. The average molecular weight is 395 g/mol. The van der Waals surface area contributed by atoms with Gasteiger partial charge in [0.2, 0.25) is 5.91 Å². The van der Waals surface area contributed by atoms with Gasteiger partial charge < -0.3 is 20.4 Å². The van der Waals surface area contributed by atoms with Gasteiger partial charge in [0.25, 0.3) is 5.91 Å². The minimum Gasteiger partial charge on any atom is -0.444 e. The molecular weight excluding hydrogens is 374 g/mol. The van der Waals surface area contributed by atoms with E-state index in [-0.39, 0.29) is 48.6 Å². The second-order valence-electron chi connectivity index (χ2n) is 5.44. The van der Waals surface area contributed by atoms with Crippen molar-refractivity contribution >= 4 is 40.2 Å². The van der Waals surface area contributed by atoms with E-state index in [9.17, 15) is 9.59 Å². The Hall–Kier alpha value is -1.05. The second-order valence-corrected chi connectivity index (χ2v) is 6.23. The van der Waals surface area contributed by atoms with Crippen molar-refractivity contribution in [3.63, 3.8) is 0 Å². The van der Waals surface area contributed by atoms with Crippen LogP contribution in [0.3, 0.4) is 0 Å². The molecule has 6 nitrogen and oxygen atoms in total. The third-order valence-corrected chi connectivity index (χ3v) is 4.07. The fraction of sp³-hybridized carbons (Fsp3) is 0.571. The van der Waals surface area contributed by atoms with Crippen LogP contribution in [0.15, 0.2) is 21.2 Å². The van der Waals surface area contributed by atoms with Crippen molar-refractivity contribution in [2.75, 3.05) is 13.6 Å². The van der Waals surface area contributed by atoms with Crippen molar-refractivity contribution in [3.8, 4) is 0 Å². The van der Waals surface area contributed by atoms with Crippen LogP contribution in [-0.2, 0) is 4.79 Å². The van der Waals surface area contributed by atoms with Gasteiger partial charge in [0.15, 0.2) is 10.4 Å². The molecule has 0 atom stereocenters. The van der Waals surface area contributed by atoms with E-state index in [1.54, 1.807) is 19.2 Å². The monoisotopic (exact) mass is 393 g/mol. The van der Waals surface area contributed by atoms with Gasteiger partial charge >= 0.3 is 0 Å². The predicted octanol–water partition coefficient (Wildman–Crippen LogP) is 1.92. The Morgan fingerprint density at radius 1 is 1.36 bits per heavy atom. The zero-order valence-electron chi connectivity index (χ0n) is 12.4. The van der Waals surface area contributed by atoms with Crippen LogP contribution in [0.4, 0.5) is 0 Å². The quantitative estimate of drug-likeness (QED) is 0.816. The zero-order chi connectivity index (χ0) is 15.4. The number of likely N-dealkylation sites (N-methyl/N-ethyl adjacent to an activating group) is 1. The van der Waals surface area contributed by atoms with Gasteiger partial charge in [0.05, 0.1) is 6.54 Å². The molecule has 0 unspecified atom stereocenters. The topological polar surface area (TPSA) is 88.6 Å². The molecule has 1 aromatic rings. The molecule has 124 valence electrons. The summed E-state index contributed by atoms with van der Waals surface area (Å²) in [5.41, 5.74) is 5.83. The second kappa shape index (κ2) is 8.55. The molecule has 0 spiro atoms. The van der Waals surface area contributed by atoms with E-state index in [0.29, 0.717) is 4.67 Å². The molecule has 3 N–H and O–H groups in total. The summed E-state index contributed by atoms with van der Waals surface area (Å²) in [6.07, 6.45) is 3.66. The van der Waals surface area contributed by atoms with Crippen LogP contribution in [0.5, 0.6) is 0 Å². The molecule has 22 heavy (non-hydrogen) atoms. The molecule has 0 radical (unpaired) electrons. The number of nitrogens with two attached hydrogens (primary N) is 1. The van der Waals surface area contributed by atoms with E-state index in [1.807, 2.05) is 0 Å². The molecule has 1 heterocycles.